The van der Waals surface area contributed by atoms with Gasteiger partial charge in [-0.1, -0.05) is 0 Å². The van der Waals surface area contributed by atoms with Crippen LogP contribution in [0.15, 0.2) is 0 Å². The Labute approximate surface area is 43.0 Å². The van der Waals surface area contributed by atoms with E-state index in [1.54, 1.807) is 0 Å². The fourth-order valence-corrected chi connectivity index (χ4v) is 0.607. The van der Waals surface area contributed by atoms with Crippen LogP contribution in [0.2, 0.25) is 0 Å². The van der Waals surface area contributed by atoms with Gasteiger partial charge in [-0.3, -0.25) is 0 Å². The molecule has 1 heterocycles. The Morgan fingerprint density at radius 1 is 1.29 bits per heavy atom. The van der Waals surface area contributed by atoms with Gasteiger partial charge in [0.1, 0.15) is 0 Å². The lowest BCUT2D eigenvalue weighted by Gasteiger charge is -2.17. The lowest BCUT2D eigenvalue weighted by atomic mass is 10.2. The summed E-state index contributed by atoms with van der Waals surface area (Å²) in [5.74, 6) is 0. The van der Waals surface area contributed by atoms with Crippen LogP contribution in [0.25, 0.3) is 5.41 Å². The van der Waals surface area contributed by atoms with Crippen molar-refractivity contribution in [3.05, 3.63) is 5.41 Å². The van der Waals surface area contributed by atoms with E-state index in [9.17, 15) is 0 Å². The van der Waals surface area contributed by atoms with Crippen molar-refractivity contribution >= 4 is 5.71 Å². The van der Waals surface area contributed by atoms with Crippen LogP contribution in [0.5, 0.6) is 0 Å². The summed E-state index contributed by atoms with van der Waals surface area (Å²) in [6.07, 6.45) is 1.47. The van der Waals surface area contributed by atoms with Gasteiger partial charge in [0.15, 0.2) is 0 Å². The molecule has 0 bridgehead atoms. The predicted octanol–water partition coefficient (Wildman–Crippen LogP) is 0.807. The number of ether oxygens (including phenoxy) is 1. The molecule has 0 saturated carbocycles. The van der Waals surface area contributed by atoms with Gasteiger partial charge in [-0.15, -0.1) is 0 Å². The smallest absolute Gasteiger partial charge is 0.0485 e. The second-order valence-electron chi connectivity index (χ2n) is 1.68. The first kappa shape index (κ1) is 4.78. The van der Waals surface area contributed by atoms with Gasteiger partial charge in [-0.25, -0.2) is 0 Å². The topological polar surface area (TPSA) is 31.5 Å². The maximum Gasteiger partial charge on any atom is 0.0485 e. The fraction of sp³-hybridized carbons (Fsp3) is 0.800. The molecule has 0 radical (unpaired) electrons. The minimum atomic E-state index is 0.589. The zero-order valence-corrected chi connectivity index (χ0v) is 4.18. The van der Waals surface area contributed by atoms with Gasteiger partial charge in [-0.05, 0) is 12.8 Å². The van der Waals surface area contributed by atoms with E-state index in [4.69, 9.17) is 10.1 Å². The first-order valence-electron chi connectivity index (χ1n) is 2.51. The normalized spacial score (nSPS) is 22.6. The van der Waals surface area contributed by atoms with Crippen LogP contribution in [0.3, 0.4) is 0 Å². The molecule has 0 amide bonds. The van der Waals surface area contributed by atoms with Crippen molar-refractivity contribution in [2.75, 3.05) is 13.2 Å². The zero-order valence-electron chi connectivity index (χ0n) is 4.18. The second kappa shape index (κ2) is 2.07. The highest BCUT2D eigenvalue weighted by atomic mass is 16.5. The average Bonchev–Trinajstić information content (AvgIpc) is 1.69. The molecule has 0 spiro atoms. The summed E-state index contributed by atoms with van der Waals surface area (Å²) in [5.41, 5.74) is 0.589. The number of rotatable bonds is 0. The quantitative estimate of drug-likeness (QED) is 0.441. The van der Waals surface area contributed by atoms with Gasteiger partial charge in [0.25, 0.3) is 0 Å². The summed E-state index contributed by atoms with van der Waals surface area (Å²) in [6, 6.07) is 0. The Hall–Kier alpha value is -0.370. The molecule has 2 nitrogen and oxygen atoms in total. The van der Waals surface area contributed by atoms with Crippen molar-refractivity contribution in [3.63, 3.8) is 0 Å². The Balaban J connectivity index is 2.25. The summed E-state index contributed by atoms with van der Waals surface area (Å²) < 4.78 is 4.96. The van der Waals surface area contributed by atoms with Crippen LogP contribution in [-0.4, -0.2) is 18.9 Å². The standard InChI is InChI=1S/C5H8NO/c6-5-1-3-7-4-2-5/h1-4H2/q-1. The average molecular weight is 98.1 g/mol. The second-order valence-corrected chi connectivity index (χ2v) is 1.68. The molecule has 0 unspecified atom stereocenters. The van der Waals surface area contributed by atoms with Crippen molar-refractivity contribution in [3.8, 4) is 0 Å². The molecule has 0 aromatic heterocycles. The Bertz CT molecular complexity index is 72.1. The highest BCUT2D eigenvalue weighted by Crippen LogP contribution is 1.99. The number of hydrogen-bond donors (Lipinski definition) is 0. The molecule has 0 aromatic rings. The molecule has 0 N–H and O–H groups in total. The van der Waals surface area contributed by atoms with E-state index in [1.165, 1.54) is 0 Å². The number of nitrogens with zero attached hydrogens (tertiary/aromatic N) is 1. The summed E-state index contributed by atoms with van der Waals surface area (Å²) in [5, 5.41) is 8.75. The molecule has 2 heteroatoms. The van der Waals surface area contributed by atoms with Crippen LogP contribution in [0.1, 0.15) is 12.8 Å². The van der Waals surface area contributed by atoms with Crippen LogP contribution < -0.4 is 0 Å². The third-order valence-corrected chi connectivity index (χ3v) is 1.07. The van der Waals surface area contributed by atoms with Crippen LogP contribution in [-0.2, 0) is 4.74 Å². The van der Waals surface area contributed by atoms with Crippen molar-refractivity contribution in [2.24, 2.45) is 0 Å². The summed E-state index contributed by atoms with van der Waals surface area (Å²) in [4.78, 5) is 0. The molecular weight excluding hydrogens is 90.1 g/mol. The van der Waals surface area contributed by atoms with E-state index in [0.29, 0.717) is 18.9 Å². The summed E-state index contributed by atoms with van der Waals surface area (Å²) >= 11 is 0. The lowest BCUT2D eigenvalue weighted by molar-refractivity contribution is 0.135. The molecule has 40 valence electrons. The first-order valence-corrected chi connectivity index (χ1v) is 2.51. The van der Waals surface area contributed by atoms with E-state index in [2.05, 4.69) is 0 Å². The third kappa shape index (κ3) is 1.27. The Kier molecular flexibility index (Phi) is 1.42. The molecule has 0 aromatic carbocycles. The molecule has 0 atom stereocenters. The van der Waals surface area contributed by atoms with Crippen LogP contribution in [0.4, 0.5) is 0 Å². The predicted molar refractivity (Wildman–Crippen MR) is 28.4 cm³/mol. The SMILES string of the molecule is [N-]=C1CCOCC1. The van der Waals surface area contributed by atoms with Gasteiger partial charge in [-0.2, -0.15) is 5.71 Å². The maximum absolute atomic E-state index is 8.75. The molecule has 1 saturated heterocycles. The van der Waals surface area contributed by atoms with E-state index < -0.39 is 0 Å². The van der Waals surface area contributed by atoms with Crippen molar-refractivity contribution in [1.82, 2.24) is 0 Å². The minimum Gasteiger partial charge on any atom is -0.811 e. The third-order valence-electron chi connectivity index (χ3n) is 1.07. The molecule has 1 aliphatic rings. The van der Waals surface area contributed by atoms with Gasteiger partial charge in [0.2, 0.25) is 0 Å². The van der Waals surface area contributed by atoms with Crippen molar-refractivity contribution in [1.29, 1.82) is 0 Å². The largest absolute Gasteiger partial charge is 0.811 e. The van der Waals surface area contributed by atoms with E-state index in [-0.39, 0.29) is 0 Å². The highest BCUT2D eigenvalue weighted by molar-refractivity contribution is 5.87. The molecule has 1 aliphatic heterocycles. The molecular formula is C5H8NO-. The van der Waals surface area contributed by atoms with Crippen molar-refractivity contribution in [2.45, 2.75) is 12.8 Å². The zero-order chi connectivity index (χ0) is 5.11. The van der Waals surface area contributed by atoms with Crippen molar-refractivity contribution < 1.29 is 4.74 Å². The van der Waals surface area contributed by atoms with E-state index in [0.717, 1.165) is 12.8 Å². The van der Waals surface area contributed by atoms with Gasteiger partial charge < -0.3 is 10.1 Å². The Morgan fingerprint density at radius 3 is 2.14 bits per heavy atom. The monoisotopic (exact) mass is 98.1 g/mol. The molecule has 1 rings (SSSR count). The maximum atomic E-state index is 8.75. The first-order chi connectivity index (χ1) is 3.39. The van der Waals surface area contributed by atoms with Gasteiger partial charge in [0.05, 0.1) is 0 Å². The van der Waals surface area contributed by atoms with E-state index in [1.807, 2.05) is 0 Å². The van der Waals surface area contributed by atoms with Gasteiger partial charge in [0, 0.05) is 13.2 Å². The lowest BCUT2D eigenvalue weighted by Crippen LogP contribution is -2.13. The minimum absolute atomic E-state index is 0.589. The summed E-state index contributed by atoms with van der Waals surface area (Å²) in [6.45, 7) is 1.40. The van der Waals surface area contributed by atoms with Gasteiger partial charge >= 0.3 is 0 Å². The Morgan fingerprint density at radius 2 is 1.86 bits per heavy atom. The number of hydrogen-bond acceptors (Lipinski definition) is 1. The highest BCUT2D eigenvalue weighted by Gasteiger charge is 1.95. The van der Waals surface area contributed by atoms with E-state index >= 15 is 0 Å². The van der Waals surface area contributed by atoms with Crippen LogP contribution >= 0.6 is 0 Å². The van der Waals surface area contributed by atoms with Crippen LogP contribution in [0, 0.1) is 0 Å². The fourth-order valence-electron chi connectivity index (χ4n) is 0.607. The molecule has 0 aliphatic carbocycles. The summed E-state index contributed by atoms with van der Waals surface area (Å²) in [7, 11) is 0. The molecule has 1 fully saturated rings. The molecule has 7 heavy (non-hydrogen) atoms.